The summed E-state index contributed by atoms with van der Waals surface area (Å²) < 4.78 is 10.8. The highest BCUT2D eigenvalue weighted by Crippen LogP contribution is 2.13. The Labute approximate surface area is 113 Å². The van der Waals surface area contributed by atoms with Gasteiger partial charge in [-0.15, -0.1) is 4.98 Å². The normalized spacial score (nSPS) is 10.6. The number of nitrogens with one attached hydrogen (secondary N) is 1. The molecule has 0 aliphatic carbocycles. The van der Waals surface area contributed by atoms with Crippen LogP contribution in [0.15, 0.2) is 0 Å². The minimum atomic E-state index is 0.226. The summed E-state index contributed by atoms with van der Waals surface area (Å²) in [5, 5.41) is 0. The van der Waals surface area contributed by atoms with Gasteiger partial charge in [0.15, 0.2) is 0 Å². The van der Waals surface area contributed by atoms with Gasteiger partial charge in [-0.2, -0.15) is 9.97 Å². The van der Waals surface area contributed by atoms with Crippen LogP contribution in [0, 0.1) is 5.92 Å². The Bertz CT molecular complexity index is 373. The molecule has 0 amide bonds. The van der Waals surface area contributed by atoms with Crippen molar-refractivity contribution in [1.29, 1.82) is 0 Å². The molecular weight excluding hydrogens is 246 g/mol. The third kappa shape index (κ3) is 6.19. The van der Waals surface area contributed by atoms with Gasteiger partial charge in [0.2, 0.25) is 5.95 Å². The van der Waals surface area contributed by atoms with Crippen LogP contribution in [-0.4, -0.2) is 28.2 Å². The fourth-order valence-electron chi connectivity index (χ4n) is 1.38. The standard InChI is InChI=1S/C12H23N5O2/c1-4-7-18-11-14-10(17-13)15-12(16-11)19-8-5-6-9(2)3/h9H,4-8,13H2,1-3H3,(H,14,15,16,17). The zero-order valence-electron chi connectivity index (χ0n) is 11.8. The molecule has 3 N–H and O–H groups in total. The lowest BCUT2D eigenvalue weighted by Gasteiger charge is -2.09. The van der Waals surface area contributed by atoms with Crippen molar-refractivity contribution < 1.29 is 9.47 Å². The first kappa shape index (κ1) is 15.4. The molecule has 7 heteroatoms. The number of ether oxygens (including phenoxy) is 2. The van der Waals surface area contributed by atoms with Crippen LogP contribution in [0.3, 0.4) is 0 Å². The van der Waals surface area contributed by atoms with Crippen LogP contribution in [0.2, 0.25) is 0 Å². The van der Waals surface area contributed by atoms with E-state index in [2.05, 4.69) is 34.2 Å². The molecule has 1 rings (SSSR count). The number of nitrogens with zero attached hydrogens (tertiary/aromatic N) is 3. The van der Waals surface area contributed by atoms with Crippen molar-refractivity contribution in [2.45, 2.75) is 40.0 Å². The molecule has 0 aliphatic heterocycles. The lowest BCUT2D eigenvalue weighted by Crippen LogP contribution is -2.14. The molecule has 0 radical (unpaired) electrons. The predicted molar refractivity (Wildman–Crippen MR) is 73.0 cm³/mol. The quantitative estimate of drug-likeness (QED) is 0.400. The molecule has 19 heavy (non-hydrogen) atoms. The first-order valence-corrected chi connectivity index (χ1v) is 6.64. The number of rotatable bonds is 9. The molecule has 0 bridgehead atoms. The summed E-state index contributed by atoms with van der Waals surface area (Å²) in [5.74, 6) is 6.19. The van der Waals surface area contributed by atoms with Gasteiger partial charge in [-0.3, -0.25) is 5.43 Å². The maximum atomic E-state index is 5.48. The molecule has 0 saturated carbocycles. The van der Waals surface area contributed by atoms with Crippen molar-refractivity contribution in [3.8, 4) is 12.0 Å². The summed E-state index contributed by atoms with van der Waals surface area (Å²) in [6.45, 7) is 7.47. The van der Waals surface area contributed by atoms with Gasteiger partial charge < -0.3 is 9.47 Å². The molecule has 1 aromatic rings. The molecule has 0 aliphatic rings. The minimum absolute atomic E-state index is 0.226. The number of hydrogen-bond acceptors (Lipinski definition) is 7. The van der Waals surface area contributed by atoms with E-state index in [0.29, 0.717) is 19.1 Å². The Balaban J connectivity index is 2.55. The molecule has 0 atom stereocenters. The van der Waals surface area contributed by atoms with E-state index in [-0.39, 0.29) is 18.0 Å². The average Bonchev–Trinajstić information content (AvgIpc) is 2.41. The second-order valence-corrected chi connectivity index (χ2v) is 4.60. The number of aromatic nitrogens is 3. The largest absolute Gasteiger partial charge is 0.463 e. The summed E-state index contributed by atoms with van der Waals surface area (Å²) >= 11 is 0. The number of nitrogen functional groups attached to an aromatic ring is 1. The molecule has 0 fully saturated rings. The van der Waals surface area contributed by atoms with Gasteiger partial charge in [0.05, 0.1) is 13.2 Å². The molecule has 0 saturated heterocycles. The van der Waals surface area contributed by atoms with Crippen molar-refractivity contribution >= 4 is 5.95 Å². The van der Waals surface area contributed by atoms with Crippen molar-refractivity contribution in [2.24, 2.45) is 11.8 Å². The van der Waals surface area contributed by atoms with E-state index in [4.69, 9.17) is 15.3 Å². The first-order valence-electron chi connectivity index (χ1n) is 6.64. The number of hydrazine groups is 1. The molecule has 1 aromatic heterocycles. The van der Waals surface area contributed by atoms with Gasteiger partial charge in [0.1, 0.15) is 0 Å². The third-order valence-corrected chi connectivity index (χ3v) is 2.32. The molecule has 1 heterocycles. The molecule has 7 nitrogen and oxygen atoms in total. The Kier molecular flexibility index (Phi) is 6.88. The fraction of sp³-hybridized carbons (Fsp3) is 0.750. The van der Waals surface area contributed by atoms with E-state index in [0.717, 1.165) is 19.3 Å². The third-order valence-electron chi connectivity index (χ3n) is 2.32. The Morgan fingerprint density at radius 1 is 1.11 bits per heavy atom. The summed E-state index contributed by atoms with van der Waals surface area (Å²) in [6, 6.07) is 0.460. The highest BCUT2D eigenvalue weighted by molar-refractivity contribution is 5.25. The first-order chi connectivity index (χ1) is 9.15. The van der Waals surface area contributed by atoms with E-state index in [1.165, 1.54) is 0 Å². The van der Waals surface area contributed by atoms with Gasteiger partial charge in [0.25, 0.3) is 0 Å². The smallest absolute Gasteiger partial charge is 0.324 e. The summed E-state index contributed by atoms with van der Waals surface area (Å²) in [7, 11) is 0. The fourth-order valence-corrected chi connectivity index (χ4v) is 1.38. The van der Waals surface area contributed by atoms with Crippen LogP contribution in [-0.2, 0) is 0 Å². The van der Waals surface area contributed by atoms with Gasteiger partial charge in [-0.1, -0.05) is 20.8 Å². The van der Waals surface area contributed by atoms with Gasteiger partial charge in [-0.05, 0) is 25.2 Å². The van der Waals surface area contributed by atoms with Gasteiger partial charge in [-0.25, -0.2) is 5.84 Å². The predicted octanol–water partition coefficient (Wildman–Crippen LogP) is 1.76. The zero-order valence-corrected chi connectivity index (χ0v) is 11.8. The average molecular weight is 269 g/mol. The second-order valence-electron chi connectivity index (χ2n) is 4.60. The lowest BCUT2D eigenvalue weighted by molar-refractivity contribution is 0.254. The van der Waals surface area contributed by atoms with Gasteiger partial charge >= 0.3 is 12.0 Å². The lowest BCUT2D eigenvalue weighted by atomic mass is 10.1. The van der Waals surface area contributed by atoms with Crippen LogP contribution in [0.5, 0.6) is 12.0 Å². The van der Waals surface area contributed by atoms with E-state index < -0.39 is 0 Å². The van der Waals surface area contributed by atoms with E-state index >= 15 is 0 Å². The highest BCUT2D eigenvalue weighted by Gasteiger charge is 2.07. The van der Waals surface area contributed by atoms with Crippen molar-refractivity contribution in [1.82, 2.24) is 15.0 Å². The molecule has 0 spiro atoms. The van der Waals surface area contributed by atoms with E-state index in [1.54, 1.807) is 0 Å². The molecule has 0 unspecified atom stereocenters. The van der Waals surface area contributed by atoms with Crippen LogP contribution in [0.25, 0.3) is 0 Å². The van der Waals surface area contributed by atoms with Crippen molar-refractivity contribution in [3.05, 3.63) is 0 Å². The Morgan fingerprint density at radius 3 is 2.26 bits per heavy atom. The molecule has 108 valence electrons. The van der Waals surface area contributed by atoms with Crippen LogP contribution >= 0.6 is 0 Å². The van der Waals surface area contributed by atoms with Crippen molar-refractivity contribution in [2.75, 3.05) is 18.6 Å². The SMILES string of the molecule is CCCOc1nc(NN)nc(OCCCC(C)C)n1. The number of anilines is 1. The van der Waals surface area contributed by atoms with Crippen molar-refractivity contribution in [3.63, 3.8) is 0 Å². The molecule has 0 aromatic carbocycles. The minimum Gasteiger partial charge on any atom is -0.463 e. The van der Waals surface area contributed by atoms with Crippen LogP contribution in [0.4, 0.5) is 5.95 Å². The summed E-state index contributed by atoms with van der Waals surface area (Å²) in [6.07, 6.45) is 2.94. The summed E-state index contributed by atoms with van der Waals surface area (Å²) in [4.78, 5) is 12.1. The van der Waals surface area contributed by atoms with E-state index in [1.807, 2.05) is 6.92 Å². The Morgan fingerprint density at radius 2 is 1.74 bits per heavy atom. The topological polar surface area (TPSA) is 95.2 Å². The maximum Gasteiger partial charge on any atom is 0.324 e. The maximum absolute atomic E-state index is 5.48. The number of nitrogens with two attached hydrogens (primary N) is 1. The second kappa shape index (κ2) is 8.47. The number of hydrogen-bond donors (Lipinski definition) is 2. The van der Waals surface area contributed by atoms with Crippen LogP contribution in [0.1, 0.15) is 40.0 Å². The zero-order chi connectivity index (χ0) is 14.1. The van der Waals surface area contributed by atoms with E-state index in [9.17, 15) is 0 Å². The summed E-state index contributed by atoms with van der Waals surface area (Å²) in [5.41, 5.74) is 2.37. The highest BCUT2D eigenvalue weighted by atomic mass is 16.5. The van der Waals surface area contributed by atoms with Crippen LogP contribution < -0.4 is 20.7 Å². The Hall–Kier alpha value is -1.63. The monoisotopic (exact) mass is 269 g/mol. The van der Waals surface area contributed by atoms with Gasteiger partial charge in [0, 0.05) is 0 Å². The molecular formula is C12H23N5O2.